The van der Waals surface area contributed by atoms with E-state index in [0.29, 0.717) is 12.3 Å². The van der Waals surface area contributed by atoms with E-state index in [1.165, 1.54) is 4.31 Å². The van der Waals surface area contributed by atoms with Crippen molar-refractivity contribution in [1.29, 1.82) is 0 Å². The summed E-state index contributed by atoms with van der Waals surface area (Å²) in [6.07, 6.45) is 0. The Morgan fingerprint density at radius 2 is 1.79 bits per heavy atom. The summed E-state index contributed by atoms with van der Waals surface area (Å²) in [4.78, 5) is 1.26. The molecule has 0 atom stereocenters. The average Bonchev–Trinajstić information content (AvgIpc) is 3.11. The molecule has 0 radical (unpaired) electrons. The fourth-order valence-electron chi connectivity index (χ4n) is 2.91. The summed E-state index contributed by atoms with van der Waals surface area (Å²) in [7, 11) is -2.07. The summed E-state index contributed by atoms with van der Waals surface area (Å²) in [6.45, 7) is 0.342. The highest BCUT2D eigenvalue weighted by molar-refractivity contribution is 7.92. The Labute approximate surface area is 145 Å². The smallest absolute Gasteiger partial charge is 0.264 e. The number of methoxy groups -OCH3 is 1. The highest BCUT2D eigenvalue weighted by Gasteiger charge is 2.32. The Hall–Kier alpha value is -2.31. The van der Waals surface area contributed by atoms with Gasteiger partial charge < -0.3 is 4.74 Å². The zero-order chi connectivity index (χ0) is 16.7. The minimum Gasteiger partial charge on any atom is -0.497 e. The molecule has 0 aliphatic carbocycles. The van der Waals surface area contributed by atoms with E-state index < -0.39 is 10.0 Å². The quantitative estimate of drug-likeness (QED) is 0.708. The molecular weight excluding hydrogens is 342 g/mol. The van der Waals surface area contributed by atoms with Crippen molar-refractivity contribution in [1.82, 2.24) is 0 Å². The molecule has 0 fully saturated rings. The predicted octanol–water partition coefficient (Wildman–Crippen LogP) is 4.13. The number of ether oxygens (including phenoxy) is 1. The van der Waals surface area contributed by atoms with Gasteiger partial charge in [-0.3, -0.25) is 4.31 Å². The topological polar surface area (TPSA) is 46.6 Å². The third-order valence-corrected chi connectivity index (χ3v) is 6.85. The Kier molecular flexibility index (Phi) is 3.58. The number of sulfonamides is 1. The number of rotatable bonds is 3. The van der Waals surface area contributed by atoms with Gasteiger partial charge in [-0.15, -0.1) is 11.3 Å². The average molecular weight is 357 g/mol. The van der Waals surface area contributed by atoms with Gasteiger partial charge in [-0.2, -0.15) is 0 Å². The molecule has 2 aromatic carbocycles. The first-order valence-corrected chi connectivity index (χ1v) is 9.76. The maximum atomic E-state index is 13.1. The summed E-state index contributed by atoms with van der Waals surface area (Å²) in [5.41, 5.74) is 2.88. The molecule has 1 aliphatic rings. The summed E-state index contributed by atoms with van der Waals surface area (Å²) in [5.74, 6) is 0.633. The Balaban J connectivity index is 1.82. The first-order valence-electron chi connectivity index (χ1n) is 7.44. The first kappa shape index (κ1) is 15.2. The van der Waals surface area contributed by atoms with Gasteiger partial charge in [0.2, 0.25) is 0 Å². The summed E-state index contributed by atoms with van der Waals surface area (Å²) < 4.78 is 32.9. The van der Waals surface area contributed by atoms with Crippen LogP contribution in [0, 0.1) is 0 Å². The number of fused-ring (bicyclic) bond motifs is 3. The van der Waals surface area contributed by atoms with Crippen molar-refractivity contribution in [3.05, 3.63) is 65.5 Å². The highest BCUT2D eigenvalue weighted by Crippen LogP contribution is 2.44. The van der Waals surface area contributed by atoms with Gasteiger partial charge in [-0.05, 0) is 46.8 Å². The van der Waals surface area contributed by atoms with E-state index in [1.54, 1.807) is 42.7 Å². The van der Waals surface area contributed by atoms with Gasteiger partial charge in [-0.25, -0.2) is 8.42 Å². The van der Waals surface area contributed by atoms with Gasteiger partial charge in [-0.1, -0.05) is 24.3 Å². The van der Waals surface area contributed by atoms with E-state index in [9.17, 15) is 8.42 Å². The van der Waals surface area contributed by atoms with Crippen molar-refractivity contribution >= 4 is 27.0 Å². The fourth-order valence-corrected chi connectivity index (χ4v) is 5.38. The summed E-state index contributed by atoms with van der Waals surface area (Å²) in [5, 5.41) is 1.93. The van der Waals surface area contributed by atoms with Gasteiger partial charge in [0.05, 0.1) is 29.1 Å². The first-order chi connectivity index (χ1) is 11.6. The standard InChI is InChI=1S/C18H15NO3S2/c1-22-14-6-8-15(9-7-14)24(20,21)19-12-13-4-2-3-5-16(13)18-17(19)10-11-23-18/h2-11H,12H2,1H3. The van der Waals surface area contributed by atoms with Crippen molar-refractivity contribution in [2.75, 3.05) is 11.4 Å². The molecule has 0 saturated carbocycles. The third kappa shape index (κ3) is 2.30. The molecule has 1 aromatic heterocycles. The number of nitrogens with zero attached hydrogens (tertiary/aromatic N) is 1. The molecule has 0 bridgehead atoms. The minimum atomic E-state index is -3.63. The van der Waals surface area contributed by atoms with Crippen LogP contribution in [0.25, 0.3) is 10.4 Å². The third-order valence-electron chi connectivity index (χ3n) is 4.14. The lowest BCUT2D eigenvalue weighted by Crippen LogP contribution is -2.32. The van der Waals surface area contributed by atoms with E-state index in [1.807, 2.05) is 35.7 Å². The highest BCUT2D eigenvalue weighted by atomic mass is 32.2. The van der Waals surface area contributed by atoms with Crippen molar-refractivity contribution < 1.29 is 13.2 Å². The minimum absolute atomic E-state index is 0.264. The maximum Gasteiger partial charge on any atom is 0.264 e. The van der Waals surface area contributed by atoms with Crippen LogP contribution in [0.3, 0.4) is 0 Å². The largest absolute Gasteiger partial charge is 0.497 e. The lowest BCUT2D eigenvalue weighted by atomic mass is 10.0. The fraction of sp³-hybridized carbons (Fsp3) is 0.111. The number of anilines is 1. The molecule has 4 nitrogen and oxygen atoms in total. The summed E-state index contributed by atoms with van der Waals surface area (Å²) in [6, 6.07) is 16.3. The van der Waals surface area contributed by atoms with Crippen molar-refractivity contribution in [3.8, 4) is 16.2 Å². The second-order valence-corrected chi connectivity index (χ2v) is 8.26. The zero-order valence-corrected chi connectivity index (χ0v) is 14.6. The number of benzene rings is 2. The van der Waals surface area contributed by atoms with Crippen LogP contribution in [0.1, 0.15) is 5.56 Å². The zero-order valence-electron chi connectivity index (χ0n) is 13.0. The van der Waals surface area contributed by atoms with Crippen LogP contribution in [0.2, 0.25) is 0 Å². The molecule has 122 valence electrons. The van der Waals surface area contributed by atoms with Gasteiger partial charge in [0.15, 0.2) is 0 Å². The molecule has 0 saturated heterocycles. The van der Waals surface area contributed by atoms with Crippen molar-refractivity contribution in [2.24, 2.45) is 0 Å². The van der Waals surface area contributed by atoms with Gasteiger partial charge in [0.25, 0.3) is 10.0 Å². The van der Waals surface area contributed by atoms with Crippen LogP contribution < -0.4 is 9.04 Å². The van der Waals surface area contributed by atoms with Gasteiger partial charge in [0.1, 0.15) is 5.75 Å². The number of hydrogen-bond donors (Lipinski definition) is 0. The normalized spacial score (nSPS) is 13.3. The Morgan fingerprint density at radius 1 is 1.04 bits per heavy atom. The van der Waals surface area contributed by atoms with Gasteiger partial charge >= 0.3 is 0 Å². The molecular formula is C18H15NO3S2. The molecule has 0 N–H and O–H groups in total. The van der Waals surface area contributed by atoms with Crippen LogP contribution in [-0.4, -0.2) is 15.5 Å². The second kappa shape index (κ2) is 5.65. The molecule has 3 aromatic rings. The van der Waals surface area contributed by atoms with E-state index in [-0.39, 0.29) is 4.90 Å². The second-order valence-electron chi connectivity index (χ2n) is 5.48. The van der Waals surface area contributed by atoms with Crippen LogP contribution in [0.4, 0.5) is 5.69 Å². The number of hydrogen-bond acceptors (Lipinski definition) is 4. The Morgan fingerprint density at radius 3 is 2.54 bits per heavy atom. The van der Waals surface area contributed by atoms with Crippen LogP contribution in [0.15, 0.2) is 64.9 Å². The summed E-state index contributed by atoms with van der Waals surface area (Å²) >= 11 is 1.56. The molecule has 0 unspecified atom stereocenters. The Bertz CT molecular complexity index is 991. The number of thiophene rings is 1. The van der Waals surface area contributed by atoms with E-state index >= 15 is 0 Å². The molecule has 4 rings (SSSR count). The predicted molar refractivity (Wildman–Crippen MR) is 96.1 cm³/mol. The monoisotopic (exact) mass is 357 g/mol. The maximum absolute atomic E-state index is 13.1. The van der Waals surface area contributed by atoms with E-state index in [4.69, 9.17) is 4.74 Å². The molecule has 0 spiro atoms. The molecule has 1 aliphatic heterocycles. The molecule has 0 amide bonds. The van der Waals surface area contributed by atoms with Crippen molar-refractivity contribution in [3.63, 3.8) is 0 Å². The lowest BCUT2D eigenvalue weighted by molar-refractivity contribution is 0.414. The van der Waals surface area contributed by atoms with Gasteiger partial charge in [0, 0.05) is 0 Å². The molecule has 24 heavy (non-hydrogen) atoms. The lowest BCUT2D eigenvalue weighted by Gasteiger charge is -2.30. The SMILES string of the molecule is COc1ccc(S(=O)(=O)N2Cc3ccccc3-c3sccc32)cc1. The molecule has 6 heteroatoms. The van der Waals surface area contributed by atoms with Crippen LogP contribution in [0.5, 0.6) is 5.75 Å². The van der Waals surface area contributed by atoms with E-state index in [0.717, 1.165) is 21.7 Å². The van der Waals surface area contributed by atoms with Crippen LogP contribution >= 0.6 is 11.3 Å². The van der Waals surface area contributed by atoms with Crippen LogP contribution in [-0.2, 0) is 16.6 Å². The van der Waals surface area contributed by atoms with Crippen molar-refractivity contribution in [2.45, 2.75) is 11.4 Å². The van der Waals surface area contributed by atoms with E-state index in [2.05, 4.69) is 0 Å². The molecule has 2 heterocycles.